The van der Waals surface area contributed by atoms with E-state index in [-0.39, 0.29) is 12.7 Å². The third-order valence-electron chi connectivity index (χ3n) is 4.98. The maximum atomic E-state index is 9.65. The van der Waals surface area contributed by atoms with Crippen LogP contribution in [0.4, 0.5) is 17.6 Å². The molecule has 1 aromatic heterocycles. The number of aliphatic hydroxyl groups excluding tert-OH is 2. The fourth-order valence-electron chi connectivity index (χ4n) is 3.49. The van der Waals surface area contributed by atoms with Crippen LogP contribution in [0.2, 0.25) is 0 Å². The van der Waals surface area contributed by atoms with Crippen molar-refractivity contribution in [3.63, 3.8) is 0 Å². The summed E-state index contributed by atoms with van der Waals surface area (Å²) in [5, 5.41) is 18.7. The molecule has 0 amide bonds. The molecular formula is C16H27N5O2. The molecule has 2 aliphatic heterocycles. The summed E-state index contributed by atoms with van der Waals surface area (Å²) in [4.78, 5) is 13.2. The summed E-state index contributed by atoms with van der Waals surface area (Å²) in [6.07, 6.45) is 4.39. The molecule has 0 atom stereocenters. The molecule has 1 aromatic rings. The normalized spacial score (nSPS) is 21.0. The van der Waals surface area contributed by atoms with Crippen LogP contribution in [0, 0.1) is 5.92 Å². The van der Waals surface area contributed by atoms with Crippen LogP contribution in [0.25, 0.3) is 0 Å². The fourth-order valence-corrected chi connectivity index (χ4v) is 3.49. The third kappa shape index (κ3) is 4.03. The van der Waals surface area contributed by atoms with Crippen LogP contribution in [-0.4, -0.2) is 59.1 Å². The van der Waals surface area contributed by atoms with Crippen molar-refractivity contribution in [3.8, 4) is 0 Å². The Morgan fingerprint density at radius 2 is 1.52 bits per heavy atom. The Hall–Kier alpha value is -1.60. The van der Waals surface area contributed by atoms with Crippen molar-refractivity contribution in [2.24, 2.45) is 5.92 Å². The fraction of sp³-hybridized carbons (Fsp3) is 0.750. The Morgan fingerprint density at radius 3 is 2.04 bits per heavy atom. The van der Waals surface area contributed by atoms with E-state index >= 15 is 0 Å². The van der Waals surface area contributed by atoms with Crippen molar-refractivity contribution in [1.29, 1.82) is 0 Å². The highest BCUT2D eigenvalue weighted by atomic mass is 16.3. The summed E-state index contributed by atoms with van der Waals surface area (Å²) in [6, 6.07) is 2.01. The van der Waals surface area contributed by atoms with Crippen LogP contribution >= 0.6 is 0 Å². The summed E-state index contributed by atoms with van der Waals surface area (Å²) in [7, 11) is 0. The number of nitrogen functional groups attached to an aromatic ring is 1. The number of nitrogens with two attached hydrogens (primary N) is 1. The van der Waals surface area contributed by atoms with Crippen LogP contribution < -0.4 is 15.5 Å². The minimum atomic E-state index is -0.199. The van der Waals surface area contributed by atoms with E-state index in [0.717, 1.165) is 69.9 Å². The van der Waals surface area contributed by atoms with E-state index in [4.69, 9.17) is 10.8 Å². The largest absolute Gasteiger partial charge is 0.396 e. The van der Waals surface area contributed by atoms with Gasteiger partial charge in [0.2, 0.25) is 5.95 Å². The summed E-state index contributed by atoms with van der Waals surface area (Å²) in [5.41, 5.74) is 5.92. The number of anilines is 3. The van der Waals surface area contributed by atoms with Gasteiger partial charge in [-0.2, -0.15) is 9.97 Å². The molecule has 0 aliphatic carbocycles. The molecule has 0 aromatic carbocycles. The first kappa shape index (κ1) is 16.3. The van der Waals surface area contributed by atoms with Gasteiger partial charge in [-0.05, 0) is 38.0 Å². The Kier molecular flexibility index (Phi) is 5.17. The molecule has 7 nitrogen and oxygen atoms in total. The van der Waals surface area contributed by atoms with E-state index in [1.165, 1.54) is 0 Å². The summed E-state index contributed by atoms with van der Waals surface area (Å²) in [5.74, 6) is 2.66. The molecule has 2 saturated heterocycles. The first-order chi connectivity index (χ1) is 11.2. The zero-order chi connectivity index (χ0) is 16.2. The molecule has 2 fully saturated rings. The molecule has 3 heterocycles. The second kappa shape index (κ2) is 7.31. The van der Waals surface area contributed by atoms with Gasteiger partial charge in [-0.3, -0.25) is 0 Å². The van der Waals surface area contributed by atoms with E-state index in [1.54, 1.807) is 0 Å². The van der Waals surface area contributed by atoms with E-state index in [2.05, 4.69) is 19.8 Å². The zero-order valence-electron chi connectivity index (χ0n) is 13.6. The molecule has 0 radical (unpaired) electrons. The number of hydrogen-bond donors (Lipinski definition) is 3. The molecule has 23 heavy (non-hydrogen) atoms. The SMILES string of the molecule is Nc1nc(N2CCC(O)CC2)cc(N2CCC(CCO)CC2)n1. The minimum Gasteiger partial charge on any atom is -0.396 e. The lowest BCUT2D eigenvalue weighted by Crippen LogP contribution is -2.37. The second-order valence-electron chi connectivity index (χ2n) is 6.60. The number of rotatable bonds is 4. The van der Waals surface area contributed by atoms with Crippen molar-refractivity contribution in [3.05, 3.63) is 6.07 Å². The van der Waals surface area contributed by atoms with Crippen LogP contribution in [0.5, 0.6) is 0 Å². The quantitative estimate of drug-likeness (QED) is 0.747. The minimum absolute atomic E-state index is 0.199. The van der Waals surface area contributed by atoms with Gasteiger partial charge in [0.1, 0.15) is 11.6 Å². The van der Waals surface area contributed by atoms with Gasteiger partial charge in [0.05, 0.1) is 6.10 Å². The third-order valence-corrected chi connectivity index (χ3v) is 4.98. The van der Waals surface area contributed by atoms with Gasteiger partial charge in [0, 0.05) is 38.9 Å². The molecule has 4 N–H and O–H groups in total. The van der Waals surface area contributed by atoms with Crippen molar-refractivity contribution < 1.29 is 10.2 Å². The molecule has 128 valence electrons. The van der Waals surface area contributed by atoms with E-state index < -0.39 is 0 Å². The highest BCUT2D eigenvalue weighted by Gasteiger charge is 2.23. The van der Waals surface area contributed by atoms with Gasteiger partial charge < -0.3 is 25.7 Å². The van der Waals surface area contributed by atoms with Crippen LogP contribution in [0.1, 0.15) is 32.1 Å². The number of hydrogen-bond acceptors (Lipinski definition) is 7. The molecule has 3 rings (SSSR count). The molecule has 0 saturated carbocycles. The Morgan fingerprint density at radius 1 is 1.00 bits per heavy atom. The smallest absolute Gasteiger partial charge is 0.223 e. The Labute approximate surface area is 137 Å². The van der Waals surface area contributed by atoms with Gasteiger partial charge in [0.25, 0.3) is 0 Å². The Balaban J connectivity index is 1.68. The van der Waals surface area contributed by atoms with Crippen LogP contribution in [0.15, 0.2) is 6.07 Å². The van der Waals surface area contributed by atoms with E-state index in [0.29, 0.717) is 11.9 Å². The van der Waals surface area contributed by atoms with Crippen molar-refractivity contribution in [1.82, 2.24) is 9.97 Å². The molecule has 0 spiro atoms. The monoisotopic (exact) mass is 321 g/mol. The van der Waals surface area contributed by atoms with Gasteiger partial charge in [0.15, 0.2) is 0 Å². The van der Waals surface area contributed by atoms with Crippen molar-refractivity contribution >= 4 is 17.6 Å². The van der Waals surface area contributed by atoms with Gasteiger partial charge >= 0.3 is 0 Å². The maximum Gasteiger partial charge on any atom is 0.223 e. The Bertz CT molecular complexity index is 511. The molecule has 0 unspecified atom stereocenters. The number of piperidine rings is 2. The first-order valence-electron chi connectivity index (χ1n) is 8.59. The molecule has 0 bridgehead atoms. The predicted molar refractivity (Wildman–Crippen MR) is 90.5 cm³/mol. The number of aromatic nitrogens is 2. The van der Waals surface area contributed by atoms with E-state index in [9.17, 15) is 5.11 Å². The lowest BCUT2D eigenvalue weighted by atomic mass is 9.94. The molecular weight excluding hydrogens is 294 g/mol. The highest BCUT2D eigenvalue weighted by Crippen LogP contribution is 2.27. The van der Waals surface area contributed by atoms with Crippen molar-refractivity contribution in [2.45, 2.75) is 38.2 Å². The summed E-state index contributed by atoms with van der Waals surface area (Å²) < 4.78 is 0. The highest BCUT2D eigenvalue weighted by molar-refractivity contribution is 5.54. The molecule has 7 heteroatoms. The number of aliphatic hydroxyl groups is 2. The predicted octanol–water partition coefficient (Wildman–Crippen LogP) is 0.619. The maximum absolute atomic E-state index is 9.65. The first-order valence-corrected chi connectivity index (χ1v) is 8.59. The van der Waals surface area contributed by atoms with Crippen LogP contribution in [-0.2, 0) is 0 Å². The van der Waals surface area contributed by atoms with Gasteiger partial charge in [-0.15, -0.1) is 0 Å². The summed E-state index contributed by atoms with van der Waals surface area (Å²) in [6.45, 7) is 3.76. The standard InChI is InChI=1S/C16H27N5O2/c17-16-18-14(20-6-1-12(2-7-20)5-10-22)11-15(19-16)21-8-3-13(23)4-9-21/h11-13,22-23H,1-10H2,(H2,17,18,19). The van der Waals surface area contributed by atoms with Crippen LogP contribution in [0.3, 0.4) is 0 Å². The lowest BCUT2D eigenvalue weighted by molar-refractivity contribution is 0.145. The van der Waals surface area contributed by atoms with E-state index in [1.807, 2.05) is 6.07 Å². The lowest BCUT2D eigenvalue weighted by Gasteiger charge is -2.34. The zero-order valence-corrected chi connectivity index (χ0v) is 13.6. The average Bonchev–Trinajstić information content (AvgIpc) is 2.56. The summed E-state index contributed by atoms with van der Waals surface area (Å²) >= 11 is 0. The van der Waals surface area contributed by atoms with Crippen molar-refractivity contribution in [2.75, 3.05) is 48.3 Å². The average molecular weight is 321 g/mol. The van der Waals surface area contributed by atoms with Gasteiger partial charge in [-0.25, -0.2) is 0 Å². The topological polar surface area (TPSA) is 98.7 Å². The second-order valence-corrected chi connectivity index (χ2v) is 6.60. The number of nitrogens with zero attached hydrogens (tertiary/aromatic N) is 4. The van der Waals surface area contributed by atoms with Gasteiger partial charge in [-0.1, -0.05) is 0 Å². The molecule has 2 aliphatic rings.